The number of rotatable bonds is 7. The molecule has 6 aliphatic rings. The Bertz CT molecular complexity index is 2430. The Kier molecular flexibility index (Phi) is 10.8. The highest BCUT2D eigenvalue weighted by Gasteiger charge is 2.55. The van der Waals surface area contributed by atoms with Crippen molar-refractivity contribution >= 4 is 40.0 Å². The normalized spacial score (nSPS) is 27.7. The van der Waals surface area contributed by atoms with Gasteiger partial charge < -0.3 is 33.7 Å². The van der Waals surface area contributed by atoms with Crippen LogP contribution in [0.25, 0.3) is 33.4 Å². The fourth-order valence-corrected chi connectivity index (χ4v) is 11.5. The van der Waals surface area contributed by atoms with Gasteiger partial charge in [0.15, 0.2) is 0 Å². The second-order valence-electron chi connectivity index (χ2n) is 20.5. The number of hydrogen-bond acceptors (Lipinski definition) is 13. The molecule has 1 spiro atoms. The van der Waals surface area contributed by atoms with Crippen LogP contribution in [0.5, 0.6) is 0 Å². The molecule has 5 atom stereocenters. The number of pyridine rings is 1. The first kappa shape index (κ1) is 42.6. The maximum Gasteiger partial charge on any atom is 0.324 e. The topological polar surface area (TPSA) is 153 Å². The molecular formula is C47H60N8O7S. The number of benzene rings is 1. The van der Waals surface area contributed by atoms with Gasteiger partial charge in [-0.15, -0.1) is 11.3 Å². The number of amides is 2. The van der Waals surface area contributed by atoms with E-state index in [-0.39, 0.29) is 41.4 Å². The van der Waals surface area contributed by atoms with Crippen molar-refractivity contribution in [2.24, 2.45) is 16.2 Å². The fraction of sp³-hybridized carbons (Fsp3) is 0.596. The molecule has 5 saturated heterocycles. The van der Waals surface area contributed by atoms with E-state index in [9.17, 15) is 9.59 Å². The van der Waals surface area contributed by atoms with Crippen molar-refractivity contribution in [3.05, 3.63) is 58.2 Å². The Hall–Kier alpha value is -4.29. The molecule has 10 rings (SSSR count). The highest BCUT2D eigenvalue weighted by molar-refractivity contribution is 7.10. The number of carbonyl (C=O) groups is 3. The number of fused-ring (bicyclic) bond motifs is 6. The average Bonchev–Trinajstić information content (AvgIpc) is 3.83. The largest absolute Gasteiger partial charge is 0.464 e. The quantitative estimate of drug-likeness (QED) is 0.243. The number of nitrogens with one attached hydrogen (secondary N) is 2. The van der Waals surface area contributed by atoms with Gasteiger partial charge in [0, 0.05) is 89.7 Å². The molecule has 16 heteroatoms. The summed E-state index contributed by atoms with van der Waals surface area (Å²) in [5.41, 5.74) is 9.40. The highest BCUT2D eigenvalue weighted by Crippen LogP contribution is 2.47. The summed E-state index contributed by atoms with van der Waals surface area (Å²) in [5.74, 6) is -1.07. The van der Waals surface area contributed by atoms with E-state index >= 15 is 4.79 Å². The Balaban J connectivity index is 1.14. The molecule has 6 bridgehead atoms. The lowest BCUT2D eigenvalue weighted by molar-refractivity contribution is -0.204. The Morgan fingerprint density at radius 3 is 2.56 bits per heavy atom. The second kappa shape index (κ2) is 16.0. The molecule has 0 saturated carbocycles. The standard InChI is InChI=1S/C47H60N8O7S/c1-27(59-7)36-30(10-8-14-48-36)38-32-17-45(2,3)23-62-44(58)33-11-9-15-54(51-33)43(57)37(50-41(56)40-46(4,5)24-61-40)39(53-21-47(22-53)25-60-26-47)42-49-34(20-63-42)28-12-13-35(31(32)16-28)55(38)29-18-52(6)19-29/h8,10,12-14,16,20,27,29,33,37,39-40,51H,9,11,15,17-19,21-26H2,1-7H3,(H,50,56)/t27-,33-,37-,39-,40+/m0/s1. The lowest BCUT2D eigenvalue weighted by Gasteiger charge is -2.58. The van der Waals surface area contributed by atoms with Gasteiger partial charge in [-0.05, 0) is 63.1 Å². The van der Waals surface area contributed by atoms with Crippen molar-refractivity contribution in [3.8, 4) is 22.5 Å². The van der Waals surface area contributed by atoms with Crippen LogP contribution in [-0.4, -0.2) is 139 Å². The summed E-state index contributed by atoms with van der Waals surface area (Å²) in [6, 6.07) is 8.65. The summed E-state index contributed by atoms with van der Waals surface area (Å²) in [5, 5.41) is 8.61. The number of thiazole rings is 1. The Morgan fingerprint density at radius 1 is 1.08 bits per heavy atom. The molecule has 3 aromatic heterocycles. The van der Waals surface area contributed by atoms with Crippen LogP contribution in [0.2, 0.25) is 0 Å². The van der Waals surface area contributed by atoms with E-state index in [2.05, 4.69) is 75.7 Å². The van der Waals surface area contributed by atoms with Crippen molar-refractivity contribution in [2.75, 3.05) is 73.3 Å². The van der Waals surface area contributed by atoms with Gasteiger partial charge in [-0.2, -0.15) is 0 Å². The zero-order chi connectivity index (χ0) is 44.0. The number of aromatic nitrogens is 3. The minimum atomic E-state index is -1.02. The van der Waals surface area contributed by atoms with Crippen LogP contribution in [0, 0.1) is 16.2 Å². The number of hydrazine groups is 1. The van der Waals surface area contributed by atoms with Crippen molar-refractivity contribution < 1.29 is 33.3 Å². The van der Waals surface area contributed by atoms with Gasteiger partial charge in [0.2, 0.25) is 5.91 Å². The van der Waals surface area contributed by atoms with E-state index in [0.29, 0.717) is 58.7 Å². The van der Waals surface area contributed by atoms with Crippen LogP contribution in [0.4, 0.5) is 0 Å². The first-order valence-corrected chi connectivity index (χ1v) is 23.3. The summed E-state index contributed by atoms with van der Waals surface area (Å²) < 4.78 is 26.1. The third-order valence-corrected chi connectivity index (χ3v) is 15.1. The predicted octanol–water partition coefficient (Wildman–Crippen LogP) is 4.92. The van der Waals surface area contributed by atoms with E-state index in [1.54, 1.807) is 7.11 Å². The molecule has 0 aliphatic carbocycles. The number of likely N-dealkylation sites (tertiary alicyclic amines) is 2. The zero-order valence-electron chi connectivity index (χ0n) is 37.4. The Labute approximate surface area is 372 Å². The molecule has 9 heterocycles. The lowest BCUT2D eigenvalue weighted by Crippen LogP contribution is -2.70. The van der Waals surface area contributed by atoms with Crippen LogP contribution in [0.15, 0.2) is 41.9 Å². The van der Waals surface area contributed by atoms with Gasteiger partial charge in [0.25, 0.3) is 5.91 Å². The molecule has 2 N–H and O–H groups in total. The van der Waals surface area contributed by atoms with E-state index in [1.165, 1.54) is 16.3 Å². The van der Waals surface area contributed by atoms with Gasteiger partial charge in [-0.25, -0.2) is 10.4 Å². The first-order chi connectivity index (χ1) is 30.1. The SMILES string of the molecule is CO[C@@H](C)c1ncccc1-c1c2c3cc(ccc3n1C1CN(C)C1)-c1csc(n1)[C@@H](N1CC3(COC3)C1)[C@H](NC(=O)[C@H]1OCC1(C)C)C(=O)N1CCC[C@H](N1)C(=O)OCC(C)(C)C2. The summed E-state index contributed by atoms with van der Waals surface area (Å²) in [7, 11) is 3.87. The molecule has 15 nitrogen and oxygen atoms in total. The van der Waals surface area contributed by atoms with Gasteiger partial charge >= 0.3 is 5.97 Å². The van der Waals surface area contributed by atoms with Crippen molar-refractivity contribution in [1.82, 2.24) is 40.1 Å². The van der Waals surface area contributed by atoms with E-state index in [1.807, 2.05) is 33.0 Å². The molecule has 5 fully saturated rings. The van der Waals surface area contributed by atoms with E-state index in [4.69, 9.17) is 28.9 Å². The summed E-state index contributed by atoms with van der Waals surface area (Å²) >= 11 is 1.50. The molecule has 0 unspecified atom stereocenters. The van der Waals surface area contributed by atoms with E-state index in [0.717, 1.165) is 62.8 Å². The highest BCUT2D eigenvalue weighted by atomic mass is 32.1. The molecule has 1 aromatic carbocycles. The van der Waals surface area contributed by atoms with Crippen LogP contribution in [-0.2, 0) is 39.8 Å². The van der Waals surface area contributed by atoms with Crippen molar-refractivity contribution in [2.45, 2.75) is 90.3 Å². The zero-order valence-corrected chi connectivity index (χ0v) is 38.3. The van der Waals surface area contributed by atoms with Crippen LogP contribution < -0.4 is 10.7 Å². The third kappa shape index (κ3) is 7.58. The van der Waals surface area contributed by atoms with E-state index < -0.39 is 35.6 Å². The van der Waals surface area contributed by atoms with Crippen LogP contribution in [0.3, 0.4) is 0 Å². The lowest BCUT2D eigenvalue weighted by atomic mass is 9.76. The molecule has 2 amide bonds. The summed E-state index contributed by atoms with van der Waals surface area (Å²) in [4.78, 5) is 58.1. The molecule has 4 aromatic rings. The number of carbonyl (C=O) groups excluding carboxylic acids is 3. The monoisotopic (exact) mass is 880 g/mol. The number of esters is 1. The minimum absolute atomic E-state index is 0.0194. The Morgan fingerprint density at radius 2 is 1.87 bits per heavy atom. The van der Waals surface area contributed by atoms with Crippen molar-refractivity contribution in [1.29, 1.82) is 0 Å². The third-order valence-electron chi connectivity index (χ3n) is 14.2. The summed E-state index contributed by atoms with van der Waals surface area (Å²) in [6.07, 6.45) is 2.58. The van der Waals surface area contributed by atoms with Crippen LogP contribution >= 0.6 is 11.3 Å². The first-order valence-electron chi connectivity index (χ1n) is 22.4. The maximum atomic E-state index is 15.0. The smallest absolute Gasteiger partial charge is 0.324 e. The molecule has 0 radical (unpaired) electrons. The second-order valence-corrected chi connectivity index (χ2v) is 21.3. The summed E-state index contributed by atoms with van der Waals surface area (Å²) in [6.45, 7) is 15.8. The van der Waals surface area contributed by atoms with Gasteiger partial charge in [0.1, 0.15) is 23.2 Å². The number of methoxy groups -OCH3 is 1. The number of ether oxygens (including phenoxy) is 4. The van der Waals surface area contributed by atoms with Crippen LogP contribution in [0.1, 0.15) is 81.9 Å². The number of hydrogen-bond donors (Lipinski definition) is 2. The molecule has 336 valence electrons. The van der Waals surface area contributed by atoms with Crippen molar-refractivity contribution in [3.63, 3.8) is 0 Å². The number of nitrogens with zero attached hydrogens (tertiary/aromatic N) is 6. The minimum Gasteiger partial charge on any atom is -0.464 e. The number of likely N-dealkylation sites (N-methyl/N-ethyl adjacent to an activating group) is 1. The van der Waals surface area contributed by atoms with Gasteiger partial charge in [-0.1, -0.05) is 33.8 Å². The fourth-order valence-electron chi connectivity index (χ4n) is 10.5. The molecule has 63 heavy (non-hydrogen) atoms. The predicted molar refractivity (Wildman–Crippen MR) is 238 cm³/mol. The molecule has 6 aliphatic heterocycles. The molecular weight excluding hydrogens is 821 g/mol. The average molecular weight is 881 g/mol. The van der Waals surface area contributed by atoms with Gasteiger partial charge in [0.05, 0.1) is 61.7 Å². The maximum absolute atomic E-state index is 15.0. The van der Waals surface area contributed by atoms with Gasteiger partial charge in [-0.3, -0.25) is 29.3 Å². The number of cyclic esters (lactones) is 1.